The molecule has 0 aromatic heterocycles. The summed E-state index contributed by atoms with van der Waals surface area (Å²) in [5.74, 6) is -1.39. The Bertz CT molecular complexity index is 947. The highest BCUT2D eigenvalue weighted by atomic mass is 16.7. The third kappa shape index (κ3) is 4.63. The van der Waals surface area contributed by atoms with Gasteiger partial charge in [0.2, 0.25) is 0 Å². The predicted molar refractivity (Wildman–Crippen MR) is 111 cm³/mol. The summed E-state index contributed by atoms with van der Waals surface area (Å²) in [6.45, 7) is 6.28. The highest BCUT2D eigenvalue weighted by molar-refractivity contribution is 5.80. The van der Waals surface area contributed by atoms with E-state index in [0.29, 0.717) is 5.06 Å². The maximum Gasteiger partial charge on any atom is 0.435 e. The molecule has 2 aromatic rings. The fourth-order valence-electron chi connectivity index (χ4n) is 3.57. The van der Waals surface area contributed by atoms with Gasteiger partial charge in [-0.1, -0.05) is 42.5 Å². The first-order valence-electron chi connectivity index (χ1n) is 9.83. The molecule has 0 radical (unpaired) electrons. The summed E-state index contributed by atoms with van der Waals surface area (Å²) in [7, 11) is 0. The second-order valence-electron chi connectivity index (χ2n) is 8.38. The number of benzene rings is 2. The molecule has 0 spiro atoms. The Morgan fingerprint density at radius 1 is 1.10 bits per heavy atom. The van der Waals surface area contributed by atoms with E-state index in [-0.39, 0.29) is 6.61 Å². The molecule has 1 aliphatic carbocycles. The number of fused-ring (bicyclic) bond motifs is 3. The van der Waals surface area contributed by atoms with Crippen molar-refractivity contribution in [3.05, 3.63) is 59.2 Å². The molecule has 160 valence electrons. The summed E-state index contributed by atoms with van der Waals surface area (Å²) in [6.07, 6.45) is -1.58. The van der Waals surface area contributed by atoms with Gasteiger partial charge in [-0.3, -0.25) is 4.84 Å². The number of carbonyl (C=O) groups excluding carboxylic acids is 1. The van der Waals surface area contributed by atoms with E-state index >= 15 is 0 Å². The van der Waals surface area contributed by atoms with Crippen LogP contribution in [0.25, 0.3) is 11.1 Å². The molecule has 0 saturated carbocycles. The number of rotatable bonds is 6. The van der Waals surface area contributed by atoms with Gasteiger partial charge in [-0.15, -0.1) is 0 Å². The molecular weight excluding hydrogens is 386 g/mol. The highest BCUT2D eigenvalue weighted by Crippen LogP contribution is 2.38. The smallest absolute Gasteiger partial charge is 0.435 e. The molecule has 30 heavy (non-hydrogen) atoms. The molecule has 0 bridgehead atoms. The minimum Gasteiger partial charge on any atom is -0.480 e. The number of carboxylic acids is 1. The summed E-state index contributed by atoms with van der Waals surface area (Å²) >= 11 is 0. The first kappa shape index (κ1) is 21.8. The van der Waals surface area contributed by atoms with Gasteiger partial charge in [0.15, 0.2) is 6.04 Å². The SMILES string of the molecule is CC(O)C(C(=O)O)N(OC(C)(C)C)C(=O)OCc1cccc2c1Cc1ccccc1-2. The van der Waals surface area contributed by atoms with E-state index in [1.54, 1.807) is 20.8 Å². The first-order chi connectivity index (χ1) is 14.1. The molecule has 0 saturated heterocycles. The number of aliphatic hydroxyl groups is 1. The summed E-state index contributed by atoms with van der Waals surface area (Å²) in [5.41, 5.74) is 4.55. The minimum absolute atomic E-state index is 0.0356. The van der Waals surface area contributed by atoms with Crippen LogP contribution in [0.1, 0.15) is 44.4 Å². The lowest BCUT2D eigenvalue weighted by molar-refractivity contribution is -0.239. The van der Waals surface area contributed by atoms with Crippen molar-refractivity contribution in [1.29, 1.82) is 0 Å². The highest BCUT2D eigenvalue weighted by Gasteiger charge is 2.38. The molecule has 2 atom stereocenters. The molecule has 1 aliphatic rings. The van der Waals surface area contributed by atoms with Gasteiger partial charge in [0.05, 0.1) is 11.7 Å². The number of hydroxylamine groups is 2. The summed E-state index contributed by atoms with van der Waals surface area (Å²) in [4.78, 5) is 29.9. The van der Waals surface area contributed by atoms with Crippen molar-refractivity contribution in [2.24, 2.45) is 0 Å². The van der Waals surface area contributed by atoms with Crippen molar-refractivity contribution >= 4 is 12.1 Å². The normalized spacial score (nSPS) is 14.4. The lowest BCUT2D eigenvalue weighted by Crippen LogP contribution is -2.53. The van der Waals surface area contributed by atoms with Gasteiger partial charge in [0, 0.05) is 0 Å². The Hall–Kier alpha value is -2.90. The zero-order valence-corrected chi connectivity index (χ0v) is 17.6. The largest absolute Gasteiger partial charge is 0.480 e. The average Bonchev–Trinajstić information content (AvgIpc) is 3.03. The van der Waals surface area contributed by atoms with Gasteiger partial charge in [-0.2, -0.15) is 5.06 Å². The van der Waals surface area contributed by atoms with Gasteiger partial charge in [-0.05, 0) is 61.9 Å². The third-order valence-electron chi connectivity index (χ3n) is 4.81. The number of hydrogen-bond acceptors (Lipinski definition) is 5. The quantitative estimate of drug-likeness (QED) is 0.598. The van der Waals surface area contributed by atoms with Crippen LogP contribution in [0.3, 0.4) is 0 Å². The van der Waals surface area contributed by atoms with E-state index in [4.69, 9.17) is 9.57 Å². The van der Waals surface area contributed by atoms with Crippen molar-refractivity contribution in [2.75, 3.05) is 0 Å². The van der Waals surface area contributed by atoms with Gasteiger partial charge in [-0.25, -0.2) is 9.59 Å². The van der Waals surface area contributed by atoms with Crippen molar-refractivity contribution < 1.29 is 29.4 Å². The number of amides is 1. The molecule has 2 aromatic carbocycles. The number of carboxylic acid groups (broad SMARTS) is 1. The van der Waals surface area contributed by atoms with E-state index in [2.05, 4.69) is 12.1 Å². The van der Waals surface area contributed by atoms with E-state index in [9.17, 15) is 19.8 Å². The average molecular weight is 413 g/mol. The van der Waals surface area contributed by atoms with Crippen LogP contribution in [0, 0.1) is 0 Å². The minimum atomic E-state index is -1.59. The van der Waals surface area contributed by atoms with Crippen LogP contribution in [-0.2, 0) is 27.4 Å². The van der Waals surface area contributed by atoms with Crippen LogP contribution >= 0.6 is 0 Å². The maximum absolute atomic E-state index is 12.8. The molecular formula is C23H27NO6. The Morgan fingerprint density at radius 2 is 1.77 bits per heavy atom. The second-order valence-corrected chi connectivity index (χ2v) is 8.38. The second kappa shape index (κ2) is 8.45. The molecule has 7 nitrogen and oxygen atoms in total. The zero-order chi connectivity index (χ0) is 22.1. The van der Waals surface area contributed by atoms with E-state index in [0.717, 1.165) is 23.1 Å². The van der Waals surface area contributed by atoms with Crippen molar-refractivity contribution in [1.82, 2.24) is 5.06 Å². The molecule has 0 aliphatic heterocycles. The van der Waals surface area contributed by atoms with E-state index in [1.165, 1.54) is 18.1 Å². The van der Waals surface area contributed by atoms with Crippen LogP contribution in [0.4, 0.5) is 4.79 Å². The predicted octanol–water partition coefficient (Wildman–Crippen LogP) is 3.76. The first-order valence-corrected chi connectivity index (χ1v) is 9.83. The third-order valence-corrected chi connectivity index (χ3v) is 4.81. The fraction of sp³-hybridized carbons (Fsp3) is 0.391. The van der Waals surface area contributed by atoms with Gasteiger partial charge < -0.3 is 14.9 Å². The summed E-state index contributed by atoms with van der Waals surface area (Å²) in [6, 6.07) is 12.4. The lowest BCUT2D eigenvalue weighted by Gasteiger charge is -2.33. The topological polar surface area (TPSA) is 96.3 Å². The van der Waals surface area contributed by atoms with Gasteiger partial charge >= 0.3 is 12.1 Å². The Balaban J connectivity index is 1.80. The number of aliphatic hydroxyl groups excluding tert-OH is 1. The molecule has 2 unspecified atom stereocenters. The van der Waals surface area contributed by atoms with Gasteiger partial charge in [0.25, 0.3) is 0 Å². The number of ether oxygens (including phenoxy) is 1. The number of nitrogens with zero attached hydrogens (tertiary/aromatic N) is 1. The van der Waals surface area contributed by atoms with E-state index in [1.807, 2.05) is 30.3 Å². The fourth-order valence-corrected chi connectivity index (χ4v) is 3.57. The Labute approximate surface area is 175 Å². The molecule has 0 heterocycles. The Morgan fingerprint density at radius 3 is 2.40 bits per heavy atom. The molecule has 3 rings (SSSR count). The Kier molecular flexibility index (Phi) is 6.14. The molecule has 2 N–H and O–H groups in total. The number of aliphatic carboxylic acids is 1. The van der Waals surface area contributed by atoms with Crippen LogP contribution < -0.4 is 0 Å². The molecule has 1 amide bonds. The van der Waals surface area contributed by atoms with Crippen molar-refractivity contribution in [3.63, 3.8) is 0 Å². The molecule has 7 heteroatoms. The molecule has 0 fully saturated rings. The van der Waals surface area contributed by atoms with Crippen LogP contribution in [-0.4, -0.2) is 45.1 Å². The maximum atomic E-state index is 12.8. The lowest BCUT2D eigenvalue weighted by atomic mass is 10.0. The summed E-state index contributed by atoms with van der Waals surface area (Å²) < 4.78 is 5.43. The van der Waals surface area contributed by atoms with Gasteiger partial charge in [0.1, 0.15) is 6.61 Å². The van der Waals surface area contributed by atoms with Crippen molar-refractivity contribution in [2.45, 2.75) is 58.5 Å². The number of hydrogen-bond donors (Lipinski definition) is 2. The number of carbonyl (C=O) groups is 2. The van der Waals surface area contributed by atoms with Crippen molar-refractivity contribution in [3.8, 4) is 11.1 Å². The van der Waals surface area contributed by atoms with Crippen LogP contribution in [0.5, 0.6) is 0 Å². The standard InChI is InChI=1S/C23H27NO6/c1-14(25)20(21(26)27)24(30-23(2,3)4)22(28)29-13-16-9-7-11-18-17-10-6-5-8-15(17)12-19(16)18/h5-11,14,20,25H,12-13H2,1-4H3,(H,26,27). The van der Waals surface area contributed by atoms with E-state index < -0.39 is 29.8 Å². The monoisotopic (exact) mass is 413 g/mol. The van der Waals surface area contributed by atoms with Crippen LogP contribution in [0.15, 0.2) is 42.5 Å². The van der Waals surface area contributed by atoms with Crippen LogP contribution in [0.2, 0.25) is 0 Å². The summed E-state index contributed by atoms with van der Waals surface area (Å²) in [5, 5.41) is 20.0. The zero-order valence-electron chi connectivity index (χ0n) is 17.6.